The van der Waals surface area contributed by atoms with Crippen LogP contribution in [0.15, 0.2) is 12.2 Å². The van der Waals surface area contributed by atoms with E-state index in [1.165, 1.54) is 6.92 Å². The summed E-state index contributed by atoms with van der Waals surface area (Å²) in [5.74, 6) is -0.780. The maximum atomic E-state index is 10.5. The van der Waals surface area contributed by atoms with Crippen molar-refractivity contribution in [3.8, 4) is 0 Å². The van der Waals surface area contributed by atoms with Crippen LogP contribution < -0.4 is 0 Å². The first-order chi connectivity index (χ1) is 4.59. The number of carbonyl (C=O) groups is 1. The maximum absolute atomic E-state index is 10.5. The quantitative estimate of drug-likeness (QED) is 0.317. The number of aliphatic hydroxyl groups is 2. The SMILES string of the molecule is C=C(C(=O)OCO)C(C)O. The van der Waals surface area contributed by atoms with Gasteiger partial charge in [0.1, 0.15) is 0 Å². The molecule has 0 rings (SSSR count). The Bertz CT molecular complexity index is 139. The summed E-state index contributed by atoms with van der Waals surface area (Å²) in [4.78, 5) is 10.5. The third kappa shape index (κ3) is 2.61. The normalized spacial score (nSPS) is 12.3. The molecule has 0 heterocycles. The molecule has 0 bridgehead atoms. The molecular weight excluding hydrogens is 136 g/mol. The molecule has 0 fully saturated rings. The van der Waals surface area contributed by atoms with Crippen molar-refractivity contribution in [3.63, 3.8) is 0 Å². The van der Waals surface area contributed by atoms with Crippen LogP contribution in [0.3, 0.4) is 0 Å². The summed E-state index contributed by atoms with van der Waals surface area (Å²) in [7, 11) is 0. The standard InChI is InChI=1S/C6H10O4/c1-4(5(2)8)6(9)10-3-7/h5,7-8H,1,3H2,2H3. The Balaban J connectivity index is 3.83. The van der Waals surface area contributed by atoms with Gasteiger partial charge in [-0.2, -0.15) is 0 Å². The molecule has 0 aromatic heterocycles. The van der Waals surface area contributed by atoms with Gasteiger partial charge in [-0.3, -0.25) is 0 Å². The highest BCUT2D eigenvalue weighted by Gasteiger charge is 2.12. The van der Waals surface area contributed by atoms with Crippen molar-refractivity contribution in [3.05, 3.63) is 12.2 Å². The van der Waals surface area contributed by atoms with E-state index in [2.05, 4.69) is 11.3 Å². The van der Waals surface area contributed by atoms with E-state index in [1.807, 2.05) is 0 Å². The zero-order valence-corrected chi connectivity index (χ0v) is 5.70. The predicted octanol–water partition coefficient (Wildman–Crippen LogP) is -0.584. The zero-order valence-electron chi connectivity index (χ0n) is 5.70. The average molecular weight is 146 g/mol. The Labute approximate surface area is 58.7 Å². The first-order valence-corrected chi connectivity index (χ1v) is 2.74. The van der Waals surface area contributed by atoms with Crippen LogP contribution in [-0.2, 0) is 9.53 Å². The zero-order chi connectivity index (χ0) is 8.15. The Hall–Kier alpha value is -0.870. The summed E-state index contributed by atoms with van der Waals surface area (Å²) < 4.78 is 4.12. The van der Waals surface area contributed by atoms with E-state index in [9.17, 15) is 4.79 Å². The molecule has 0 amide bonds. The van der Waals surface area contributed by atoms with Crippen LogP contribution >= 0.6 is 0 Å². The van der Waals surface area contributed by atoms with Gasteiger partial charge in [-0.05, 0) is 6.92 Å². The topological polar surface area (TPSA) is 66.8 Å². The second kappa shape index (κ2) is 4.03. The van der Waals surface area contributed by atoms with Crippen molar-refractivity contribution in [2.75, 3.05) is 6.79 Å². The molecule has 0 radical (unpaired) electrons. The van der Waals surface area contributed by atoms with Gasteiger partial charge in [-0.15, -0.1) is 0 Å². The molecule has 0 saturated carbocycles. The van der Waals surface area contributed by atoms with E-state index in [-0.39, 0.29) is 5.57 Å². The monoisotopic (exact) mass is 146 g/mol. The summed E-state index contributed by atoms with van der Waals surface area (Å²) in [6.45, 7) is 3.94. The summed E-state index contributed by atoms with van der Waals surface area (Å²) in [6, 6.07) is 0. The van der Waals surface area contributed by atoms with Crippen LogP contribution in [0.25, 0.3) is 0 Å². The van der Waals surface area contributed by atoms with E-state index < -0.39 is 18.9 Å². The molecule has 0 aliphatic heterocycles. The van der Waals surface area contributed by atoms with Gasteiger partial charge in [0.05, 0.1) is 11.7 Å². The lowest BCUT2D eigenvalue weighted by molar-refractivity contribution is -0.147. The average Bonchev–Trinajstić information content (AvgIpc) is 1.87. The Morgan fingerprint density at radius 1 is 1.80 bits per heavy atom. The van der Waals surface area contributed by atoms with Gasteiger partial charge in [-0.1, -0.05) is 6.58 Å². The van der Waals surface area contributed by atoms with Crippen molar-refractivity contribution in [2.24, 2.45) is 0 Å². The van der Waals surface area contributed by atoms with Gasteiger partial charge < -0.3 is 14.9 Å². The lowest BCUT2D eigenvalue weighted by Crippen LogP contribution is -2.16. The molecule has 0 aromatic rings. The van der Waals surface area contributed by atoms with Gasteiger partial charge in [0.2, 0.25) is 0 Å². The molecule has 4 nitrogen and oxygen atoms in total. The molecule has 1 atom stereocenters. The third-order valence-corrected chi connectivity index (χ3v) is 0.962. The first-order valence-electron chi connectivity index (χ1n) is 2.74. The highest BCUT2D eigenvalue weighted by atomic mass is 16.6. The van der Waals surface area contributed by atoms with E-state index >= 15 is 0 Å². The molecule has 1 unspecified atom stereocenters. The minimum atomic E-state index is -0.931. The molecule has 2 N–H and O–H groups in total. The fourth-order valence-electron chi connectivity index (χ4n) is 0.322. The smallest absolute Gasteiger partial charge is 0.338 e. The lowest BCUT2D eigenvalue weighted by Gasteiger charge is -2.05. The lowest BCUT2D eigenvalue weighted by atomic mass is 10.2. The molecule has 0 spiro atoms. The first kappa shape index (κ1) is 9.13. The van der Waals surface area contributed by atoms with E-state index in [4.69, 9.17) is 10.2 Å². The minimum absolute atomic E-state index is 0.0611. The number of carbonyl (C=O) groups excluding carboxylic acids is 1. The molecule has 0 aliphatic carbocycles. The number of hydrogen-bond acceptors (Lipinski definition) is 4. The second-order valence-electron chi connectivity index (χ2n) is 1.76. The number of esters is 1. The van der Waals surface area contributed by atoms with Crippen LogP contribution in [0.5, 0.6) is 0 Å². The van der Waals surface area contributed by atoms with Gasteiger partial charge in [0, 0.05) is 0 Å². The van der Waals surface area contributed by atoms with Gasteiger partial charge in [-0.25, -0.2) is 4.79 Å². The van der Waals surface area contributed by atoms with Crippen molar-refractivity contribution < 1.29 is 19.7 Å². The van der Waals surface area contributed by atoms with Gasteiger partial charge in [0.15, 0.2) is 6.79 Å². The fourth-order valence-corrected chi connectivity index (χ4v) is 0.322. The van der Waals surface area contributed by atoms with Crippen LogP contribution in [0, 0.1) is 0 Å². The fraction of sp³-hybridized carbons (Fsp3) is 0.500. The van der Waals surface area contributed by atoms with Crippen molar-refractivity contribution in [1.29, 1.82) is 0 Å². The van der Waals surface area contributed by atoms with Crippen LogP contribution in [0.2, 0.25) is 0 Å². The van der Waals surface area contributed by atoms with Crippen molar-refractivity contribution in [1.82, 2.24) is 0 Å². The molecular formula is C6H10O4. The Morgan fingerprint density at radius 3 is 2.60 bits per heavy atom. The van der Waals surface area contributed by atoms with Gasteiger partial charge >= 0.3 is 5.97 Å². The number of ether oxygens (including phenoxy) is 1. The predicted molar refractivity (Wildman–Crippen MR) is 34.0 cm³/mol. The highest BCUT2D eigenvalue weighted by molar-refractivity contribution is 5.88. The summed E-state index contributed by atoms with van der Waals surface area (Å²) in [5, 5.41) is 16.8. The van der Waals surface area contributed by atoms with Crippen LogP contribution in [0.1, 0.15) is 6.92 Å². The van der Waals surface area contributed by atoms with E-state index in [0.717, 1.165) is 0 Å². The van der Waals surface area contributed by atoms with Crippen molar-refractivity contribution >= 4 is 5.97 Å². The molecule has 0 aliphatic rings. The molecule has 0 saturated heterocycles. The van der Waals surface area contributed by atoms with E-state index in [1.54, 1.807) is 0 Å². The number of aliphatic hydroxyl groups excluding tert-OH is 2. The van der Waals surface area contributed by atoms with Gasteiger partial charge in [0.25, 0.3) is 0 Å². The minimum Gasteiger partial charge on any atom is -0.435 e. The molecule has 0 aromatic carbocycles. The van der Waals surface area contributed by atoms with Crippen molar-refractivity contribution in [2.45, 2.75) is 13.0 Å². The summed E-state index contributed by atoms with van der Waals surface area (Å²) in [6.07, 6.45) is -0.931. The summed E-state index contributed by atoms with van der Waals surface area (Å²) >= 11 is 0. The Morgan fingerprint density at radius 2 is 2.30 bits per heavy atom. The molecule has 10 heavy (non-hydrogen) atoms. The number of hydrogen-bond donors (Lipinski definition) is 2. The molecule has 58 valence electrons. The largest absolute Gasteiger partial charge is 0.435 e. The second-order valence-corrected chi connectivity index (χ2v) is 1.76. The number of rotatable bonds is 3. The third-order valence-electron chi connectivity index (χ3n) is 0.962. The van der Waals surface area contributed by atoms with Crippen LogP contribution in [-0.4, -0.2) is 29.1 Å². The van der Waals surface area contributed by atoms with E-state index in [0.29, 0.717) is 0 Å². The molecule has 4 heteroatoms. The Kier molecular flexibility index (Phi) is 3.68. The summed E-state index contributed by atoms with van der Waals surface area (Å²) in [5.41, 5.74) is -0.0611. The maximum Gasteiger partial charge on any atom is 0.338 e. The highest BCUT2D eigenvalue weighted by Crippen LogP contribution is 1.99. The van der Waals surface area contributed by atoms with Crippen LogP contribution in [0.4, 0.5) is 0 Å².